The minimum absolute atomic E-state index is 0.0707. The number of nitrogens with two attached hydrogens (primary N) is 1. The largest absolute Gasteiger partial charge is 0.477 e. The maximum Gasteiger partial charge on any atom is 0.352 e. The Kier molecular flexibility index (Phi) is 5.92. The van der Waals surface area contributed by atoms with Crippen LogP contribution in [0.25, 0.3) is 6.08 Å². The third kappa shape index (κ3) is 3.94. The van der Waals surface area contributed by atoms with Gasteiger partial charge in [0.25, 0.3) is 11.8 Å². The molecule has 0 radical (unpaired) electrons. The molecular formula is C19H16N6O5S2. The zero-order valence-corrected chi connectivity index (χ0v) is 17.8. The second-order valence-corrected chi connectivity index (χ2v) is 8.67. The van der Waals surface area contributed by atoms with Crippen LogP contribution in [-0.4, -0.2) is 65.8 Å². The number of thiazole rings is 1. The Morgan fingerprint density at radius 2 is 2.19 bits per heavy atom. The number of aromatic nitrogens is 2. The van der Waals surface area contributed by atoms with Gasteiger partial charge in [-0.1, -0.05) is 23.4 Å². The van der Waals surface area contributed by atoms with Crippen LogP contribution < -0.4 is 11.1 Å². The summed E-state index contributed by atoms with van der Waals surface area (Å²) in [5.41, 5.74) is 6.35. The number of anilines is 1. The van der Waals surface area contributed by atoms with Gasteiger partial charge in [-0.05, 0) is 17.2 Å². The predicted octanol–water partition coefficient (Wildman–Crippen LogP) is 0.751. The highest BCUT2D eigenvalue weighted by Gasteiger charge is 2.54. The molecule has 2 aliphatic heterocycles. The van der Waals surface area contributed by atoms with E-state index in [9.17, 15) is 24.7 Å². The van der Waals surface area contributed by atoms with Gasteiger partial charge in [-0.15, -0.1) is 23.1 Å². The van der Waals surface area contributed by atoms with Gasteiger partial charge in [0.05, 0.1) is 0 Å². The number of rotatable bonds is 6. The maximum absolute atomic E-state index is 12.7. The summed E-state index contributed by atoms with van der Waals surface area (Å²) in [7, 11) is 0. The molecule has 0 aliphatic carbocycles. The number of nitrogens with one attached hydrogen (secondary N) is 1. The number of nitrogen functional groups attached to an aromatic ring is 1. The van der Waals surface area contributed by atoms with E-state index in [1.165, 1.54) is 17.1 Å². The predicted molar refractivity (Wildman–Crippen MR) is 118 cm³/mol. The van der Waals surface area contributed by atoms with E-state index >= 15 is 0 Å². The number of nitrogens with zero attached hydrogens (tertiary/aromatic N) is 4. The number of hydrogen-bond donors (Lipinski definition) is 4. The first-order valence-electron chi connectivity index (χ1n) is 9.14. The molecule has 0 spiro atoms. The number of β-lactam (4-membered cyclic amide) rings is 1. The van der Waals surface area contributed by atoms with Crippen LogP contribution in [0.4, 0.5) is 5.13 Å². The Balaban J connectivity index is 1.52. The van der Waals surface area contributed by atoms with Crippen LogP contribution in [0.3, 0.4) is 0 Å². The first-order chi connectivity index (χ1) is 15.4. The molecule has 1 saturated heterocycles. The Morgan fingerprint density at radius 3 is 2.81 bits per heavy atom. The number of oxime groups is 1. The standard InChI is InChI=1S/C19H16N6O5S2/c20-19-22-11(8-32-19)12(24-30)15(26)23-13-16(27)25-14(18(28)29)10(7-31-17(13)25)4-3-9-2-1-5-21-6-9/h1-6,8,13,17,30H,7H2,(H2,20,22)(H,23,26)(H,28,29)/b4-3-,24-12?/t13-,17-/m1/s1. The van der Waals surface area contributed by atoms with Gasteiger partial charge in [0.1, 0.15) is 22.8 Å². The van der Waals surface area contributed by atoms with Gasteiger partial charge in [-0.2, -0.15) is 0 Å². The van der Waals surface area contributed by atoms with Crippen LogP contribution >= 0.6 is 23.1 Å². The van der Waals surface area contributed by atoms with Crippen molar-refractivity contribution in [2.24, 2.45) is 5.16 Å². The number of carboxylic acid groups (broad SMARTS) is 1. The molecule has 4 rings (SSSR count). The molecule has 0 unspecified atom stereocenters. The normalized spacial score (nSPS) is 20.8. The van der Waals surface area contributed by atoms with Crippen molar-refractivity contribution in [1.82, 2.24) is 20.2 Å². The monoisotopic (exact) mass is 472 g/mol. The van der Waals surface area contributed by atoms with Gasteiger partial charge in [-0.3, -0.25) is 19.5 Å². The number of aliphatic carboxylic acids is 1. The summed E-state index contributed by atoms with van der Waals surface area (Å²) < 4.78 is 0. The van der Waals surface area contributed by atoms with E-state index in [2.05, 4.69) is 20.4 Å². The highest BCUT2D eigenvalue weighted by atomic mass is 32.2. The molecule has 2 aromatic heterocycles. The summed E-state index contributed by atoms with van der Waals surface area (Å²) in [6.45, 7) is 0. The Bertz CT molecular complexity index is 1180. The molecule has 5 N–H and O–H groups in total. The van der Waals surface area contributed by atoms with Gasteiger partial charge >= 0.3 is 5.97 Å². The van der Waals surface area contributed by atoms with E-state index in [-0.39, 0.29) is 22.2 Å². The molecule has 0 saturated carbocycles. The van der Waals surface area contributed by atoms with Crippen LogP contribution in [0.2, 0.25) is 0 Å². The quantitative estimate of drug-likeness (QED) is 0.205. The van der Waals surface area contributed by atoms with Crippen LogP contribution in [0, 0.1) is 0 Å². The van der Waals surface area contributed by atoms with Crippen LogP contribution in [0.5, 0.6) is 0 Å². The summed E-state index contributed by atoms with van der Waals surface area (Å²) >= 11 is 2.38. The van der Waals surface area contributed by atoms with Crippen LogP contribution in [0.15, 0.2) is 52.4 Å². The lowest BCUT2D eigenvalue weighted by Crippen LogP contribution is -2.71. The average molecular weight is 473 g/mol. The number of carboxylic acids is 1. The fraction of sp³-hybridized carbons (Fsp3) is 0.158. The van der Waals surface area contributed by atoms with E-state index in [1.54, 1.807) is 30.6 Å². The summed E-state index contributed by atoms with van der Waals surface area (Å²) in [6, 6.07) is 2.60. The highest BCUT2D eigenvalue weighted by molar-refractivity contribution is 8.00. The Labute approximate surface area is 189 Å². The zero-order chi connectivity index (χ0) is 22.8. The molecule has 2 amide bonds. The first kappa shape index (κ1) is 21.5. The third-order valence-corrected chi connectivity index (χ3v) is 6.70. The van der Waals surface area contributed by atoms with Crippen molar-refractivity contribution in [2.75, 3.05) is 11.5 Å². The van der Waals surface area contributed by atoms with Crippen molar-refractivity contribution < 1.29 is 24.7 Å². The molecule has 2 atom stereocenters. The van der Waals surface area contributed by atoms with E-state index < -0.39 is 29.2 Å². The SMILES string of the molecule is Nc1nc(C(=NO)C(=O)N[C@@H]2C(=O)N3C(C(=O)O)=C(/C=C\c4cccnc4)CS[C@H]23)cs1. The molecule has 0 bridgehead atoms. The summed E-state index contributed by atoms with van der Waals surface area (Å²) in [5, 5.41) is 25.4. The molecule has 13 heteroatoms. The van der Waals surface area contributed by atoms with E-state index in [1.807, 2.05) is 6.07 Å². The molecular weight excluding hydrogens is 456 g/mol. The van der Waals surface area contributed by atoms with Crippen molar-refractivity contribution in [1.29, 1.82) is 0 Å². The summed E-state index contributed by atoms with van der Waals surface area (Å²) in [5.74, 6) is -2.31. The molecule has 2 aromatic rings. The lowest BCUT2D eigenvalue weighted by molar-refractivity contribution is -0.150. The van der Waals surface area contributed by atoms with Gasteiger partial charge in [0, 0.05) is 23.5 Å². The maximum atomic E-state index is 12.7. The Hall–Kier alpha value is -3.71. The van der Waals surface area contributed by atoms with Gasteiger partial charge < -0.3 is 21.4 Å². The third-order valence-electron chi connectivity index (χ3n) is 4.73. The van der Waals surface area contributed by atoms with Gasteiger partial charge in [0.2, 0.25) is 0 Å². The number of carbonyl (C=O) groups is 3. The second kappa shape index (κ2) is 8.80. The van der Waals surface area contributed by atoms with Crippen LogP contribution in [-0.2, 0) is 14.4 Å². The number of thioether (sulfide) groups is 1. The fourth-order valence-electron chi connectivity index (χ4n) is 3.26. The van der Waals surface area contributed by atoms with Crippen molar-refractivity contribution >= 4 is 57.8 Å². The number of pyridine rings is 1. The first-order valence-corrected chi connectivity index (χ1v) is 11.1. The number of fused-ring (bicyclic) bond motifs is 1. The number of allylic oxidation sites excluding steroid dienone is 1. The zero-order valence-electron chi connectivity index (χ0n) is 16.2. The molecule has 4 heterocycles. The van der Waals surface area contributed by atoms with Gasteiger partial charge in [-0.25, -0.2) is 9.78 Å². The molecule has 2 aliphatic rings. The molecule has 0 aromatic carbocycles. The topological polar surface area (TPSA) is 171 Å². The molecule has 32 heavy (non-hydrogen) atoms. The van der Waals surface area contributed by atoms with Crippen molar-refractivity contribution in [3.05, 3.63) is 58.5 Å². The fourth-order valence-corrected chi connectivity index (χ4v) is 5.13. The average Bonchev–Trinajstić information content (AvgIpc) is 3.22. The summed E-state index contributed by atoms with van der Waals surface area (Å²) in [4.78, 5) is 46.3. The van der Waals surface area contributed by atoms with Crippen molar-refractivity contribution in [3.63, 3.8) is 0 Å². The molecule has 1 fully saturated rings. The number of carbonyl (C=O) groups excluding carboxylic acids is 2. The van der Waals surface area contributed by atoms with Gasteiger partial charge in [0.15, 0.2) is 10.8 Å². The van der Waals surface area contributed by atoms with E-state index in [0.717, 1.165) is 21.8 Å². The Morgan fingerprint density at radius 1 is 1.38 bits per heavy atom. The minimum atomic E-state index is -1.24. The lowest BCUT2D eigenvalue weighted by atomic mass is 10.0. The lowest BCUT2D eigenvalue weighted by Gasteiger charge is -2.49. The highest BCUT2D eigenvalue weighted by Crippen LogP contribution is 2.40. The van der Waals surface area contributed by atoms with Crippen LogP contribution in [0.1, 0.15) is 11.3 Å². The minimum Gasteiger partial charge on any atom is -0.477 e. The number of amides is 2. The molecule has 164 valence electrons. The molecule has 11 nitrogen and oxygen atoms in total. The smallest absolute Gasteiger partial charge is 0.352 e. The second-order valence-electron chi connectivity index (χ2n) is 6.68. The van der Waals surface area contributed by atoms with Crippen molar-refractivity contribution in [3.8, 4) is 0 Å². The van der Waals surface area contributed by atoms with E-state index in [4.69, 9.17) is 5.73 Å². The van der Waals surface area contributed by atoms with E-state index in [0.29, 0.717) is 11.3 Å². The van der Waals surface area contributed by atoms with Crippen molar-refractivity contribution in [2.45, 2.75) is 11.4 Å². The summed E-state index contributed by atoms with van der Waals surface area (Å²) in [6.07, 6.45) is 6.63. The number of hydrogen-bond acceptors (Lipinski definition) is 10.